The average Bonchev–Trinajstić information content (AvgIpc) is 2.47. The summed E-state index contributed by atoms with van der Waals surface area (Å²) in [6.07, 6.45) is 8.69. The second kappa shape index (κ2) is 6.85. The fraction of sp³-hybridized carbons (Fsp3) is 0.625. The van der Waals surface area contributed by atoms with Crippen molar-refractivity contribution in [1.82, 2.24) is 15.1 Å². The fourth-order valence-corrected chi connectivity index (χ4v) is 2.41. The zero-order valence-electron chi connectivity index (χ0n) is 13.5. The maximum atomic E-state index is 12.1. The molecule has 1 N–H and O–H groups in total. The second-order valence-corrected chi connectivity index (χ2v) is 6.61. The van der Waals surface area contributed by atoms with Crippen LogP contribution >= 0.6 is 0 Å². The Balaban J connectivity index is 1.75. The summed E-state index contributed by atoms with van der Waals surface area (Å²) in [6.45, 7) is 7.39. The second-order valence-electron chi connectivity index (χ2n) is 6.61. The maximum absolute atomic E-state index is 12.1. The third-order valence-electron chi connectivity index (χ3n) is 3.55. The molecule has 0 saturated carbocycles. The molecule has 2 rings (SSSR count). The molecule has 0 unspecified atom stereocenters. The summed E-state index contributed by atoms with van der Waals surface area (Å²) in [4.78, 5) is 27.4. The molecule has 2 aliphatic heterocycles. The van der Waals surface area contributed by atoms with Crippen molar-refractivity contribution < 1.29 is 14.3 Å². The van der Waals surface area contributed by atoms with Crippen LogP contribution in [0.1, 0.15) is 33.6 Å². The molecule has 2 aliphatic rings. The number of carbonyl (C=O) groups is 2. The third-order valence-corrected chi connectivity index (χ3v) is 3.55. The lowest BCUT2D eigenvalue weighted by Crippen LogP contribution is -2.50. The SMILES string of the molecule is CC(C)(C)OC(=O)N1CCC(NC(=O)N2C=CC=CC2)CC1. The largest absolute Gasteiger partial charge is 0.444 e. The van der Waals surface area contributed by atoms with Crippen LogP contribution in [0.15, 0.2) is 24.4 Å². The first-order valence-corrected chi connectivity index (χ1v) is 7.73. The molecule has 0 atom stereocenters. The minimum atomic E-state index is -0.476. The van der Waals surface area contributed by atoms with Gasteiger partial charge in [-0.15, -0.1) is 0 Å². The van der Waals surface area contributed by atoms with Gasteiger partial charge in [0.2, 0.25) is 0 Å². The highest BCUT2D eigenvalue weighted by Gasteiger charge is 2.28. The van der Waals surface area contributed by atoms with Gasteiger partial charge in [0.05, 0.1) is 0 Å². The van der Waals surface area contributed by atoms with Gasteiger partial charge in [0.15, 0.2) is 0 Å². The minimum Gasteiger partial charge on any atom is -0.444 e. The van der Waals surface area contributed by atoms with Crippen LogP contribution in [-0.2, 0) is 4.74 Å². The van der Waals surface area contributed by atoms with Gasteiger partial charge >= 0.3 is 12.1 Å². The number of carbonyl (C=O) groups excluding carboxylic acids is 2. The van der Waals surface area contributed by atoms with Crippen LogP contribution in [0.5, 0.6) is 0 Å². The van der Waals surface area contributed by atoms with E-state index < -0.39 is 5.60 Å². The average molecular weight is 307 g/mol. The van der Waals surface area contributed by atoms with E-state index in [1.54, 1.807) is 16.0 Å². The molecule has 3 amide bonds. The predicted molar refractivity (Wildman–Crippen MR) is 84.3 cm³/mol. The predicted octanol–water partition coefficient (Wildman–Crippen LogP) is 2.48. The summed E-state index contributed by atoms with van der Waals surface area (Å²) in [5, 5.41) is 3.02. The topological polar surface area (TPSA) is 61.9 Å². The Bertz CT molecular complexity index is 472. The molecule has 0 spiro atoms. The van der Waals surface area contributed by atoms with Gasteiger partial charge in [-0.2, -0.15) is 0 Å². The van der Waals surface area contributed by atoms with Gasteiger partial charge in [-0.3, -0.25) is 4.90 Å². The lowest BCUT2D eigenvalue weighted by atomic mass is 10.1. The van der Waals surface area contributed by atoms with E-state index in [0.717, 1.165) is 12.8 Å². The summed E-state index contributed by atoms with van der Waals surface area (Å²) in [6, 6.07) is 0.0156. The van der Waals surface area contributed by atoms with Crippen molar-refractivity contribution in [3.8, 4) is 0 Å². The van der Waals surface area contributed by atoms with E-state index in [4.69, 9.17) is 4.74 Å². The van der Waals surface area contributed by atoms with E-state index in [2.05, 4.69) is 5.32 Å². The number of piperidine rings is 1. The van der Waals surface area contributed by atoms with Crippen LogP contribution in [0.3, 0.4) is 0 Å². The molecule has 122 valence electrons. The molecule has 0 aromatic carbocycles. The van der Waals surface area contributed by atoms with Crippen molar-refractivity contribution >= 4 is 12.1 Å². The Kier molecular flexibility index (Phi) is 5.11. The zero-order chi connectivity index (χ0) is 16.2. The van der Waals surface area contributed by atoms with Crippen LogP contribution in [0, 0.1) is 0 Å². The number of ether oxygens (including phenoxy) is 1. The molecule has 6 heteroatoms. The molecule has 1 fully saturated rings. The minimum absolute atomic E-state index is 0.0867. The molecule has 6 nitrogen and oxygen atoms in total. The smallest absolute Gasteiger partial charge is 0.410 e. The van der Waals surface area contributed by atoms with Gasteiger partial charge in [-0.05, 0) is 39.7 Å². The highest BCUT2D eigenvalue weighted by Crippen LogP contribution is 2.15. The number of urea groups is 1. The highest BCUT2D eigenvalue weighted by atomic mass is 16.6. The van der Waals surface area contributed by atoms with Gasteiger partial charge in [0.25, 0.3) is 0 Å². The first-order valence-electron chi connectivity index (χ1n) is 7.73. The molecule has 2 heterocycles. The monoisotopic (exact) mass is 307 g/mol. The van der Waals surface area contributed by atoms with Crippen LogP contribution in [0.25, 0.3) is 0 Å². The quantitative estimate of drug-likeness (QED) is 0.809. The van der Waals surface area contributed by atoms with Crippen molar-refractivity contribution in [2.45, 2.75) is 45.3 Å². The fourth-order valence-electron chi connectivity index (χ4n) is 2.41. The highest BCUT2D eigenvalue weighted by molar-refractivity contribution is 5.76. The summed E-state index contributed by atoms with van der Waals surface area (Å²) >= 11 is 0. The normalized spacial score (nSPS) is 19.2. The lowest BCUT2D eigenvalue weighted by Gasteiger charge is -2.34. The first kappa shape index (κ1) is 16.4. The summed E-state index contributed by atoms with van der Waals surface area (Å²) in [5.41, 5.74) is -0.476. The number of nitrogens with one attached hydrogen (secondary N) is 1. The lowest BCUT2D eigenvalue weighted by molar-refractivity contribution is 0.0201. The van der Waals surface area contributed by atoms with E-state index in [9.17, 15) is 9.59 Å². The third kappa shape index (κ3) is 4.79. The van der Waals surface area contributed by atoms with Gasteiger partial charge < -0.3 is 15.0 Å². The van der Waals surface area contributed by atoms with E-state index in [1.807, 2.05) is 39.0 Å². The number of hydrogen-bond donors (Lipinski definition) is 1. The van der Waals surface area contributed by atoms with Gasteiger partial charge in [0, 0.05) is 31.9 Å². The van der Waals surface area contributed by atoms with Gasteiger partial charge in [-0.1, -0.05) is 12.2 Å². The van der Waals surface area contributed by atoms with E-state index in [1.165, 1.54) is 0 Å². The standard InChI is InChI=1S/C16H25N3O3/c1-16(2,3)22-15(21)19-11-7-13(8-12-19)17-14(20)18-9-5-4-6-10-18/h4-6,9,13H,7-8,10-12H2,1-3H3,(H,17,20). The maximum Gasteiger partial charge on any atom is 0.410 e. The molecule has 0 aromatic heterocycles. The van der Waals surface area contributed by atoms with Crippen molar-refractivity contribution in [3.63, 3.8) is 0 Å². The Morgan fingerprint density at radius 3 is 2.41 bits per heavy atom. The molecule has 0 bridgehead atoms. The number of rotatable bonds is 1. The van der Waals surface area contributed by atoms with Crippen LogP contribution in [0.2, 0.25) is 0 Å². The number of nitrogens with zero attached hydrogens (tertiary/aromatic N) is 2. The van der Waals surface area contributed by atoms with E-state index in [0.29, 0.717) is 19.6 Å². The molecule has 1 saturated heterocycles. The molecule has 22 heavy (non-hydrogen) atoms. The molecule has 0 aliphatic carbocycles. The van der Waals surface area contributed by atoms with E-state index in [-0.39, 0.29) is 18.2 Å². The van der Waals surface area contributed by atoms with Crippen molar-refractivity contribution in [1.29, 1.82) is 0 Å². The van der Waals surface area contributed by atoms with E-state index >= 15 is 0 Å². The number of likely N-dealkylation sites (tertiary alicyclic amines) is 1. The van der Waals surface area contributed by atoms with Crippen LogP contribution in [-0.4, -0.2) is 53.2 Å². The molecule has 0 aromatic rings. The molecular formula is C16H25N3O3. The zero-order valence-corrected chi connectivity index (χ0v) is 13.5. The summed E-state index contributed by atoms with van der Waals surface area (Å²) in [7, 11) is 0. The number of amides is 3. The summed E-state index contributed by atoms with van der Waals surface area (Å²) < 4.78 is 5.36. The van der Waals surface area contributed by atoms with Crippen molar-refractivity contribution in [2.24, 2.45) is 0 Å². The molecule has 0 radical (unpaired) electrons. The van der Waals surface area contributed by atoms with Crippen molar-refractivity contribution in [2.75, 3.05) is 19.6 Å². The van der Waals surface area contributed by atoms with Crippen molar-refractivity contribution in [3.05, 3.63) is 24.4 Å². The van der Waals surface area contributed by atoms with Crippen LogP contribution in [0.4, 0.5) is 9.59 Å². The number of hydrogen-bond acceptors (Lipinski definition) is 3. The Hall–Kier alpha value is -1.98. The van der Waals surface area contributed by atoms with Gasteiger partial charge in [-0.25, -0.2) is 9.59 Å². The number of allylic oxidation sites excluding steroid dienone is 2. The Morgan fingerprint density at radius 1 is 1.18 bits per heavy atom. The Morgan fingerprint density at radius 2 is 1.86 bits per heavy atom. The molecular weight excluding hydrogens is 282 g/mol. The first-order chi connectivity index (χ1) is 10.3. The van der Waals surface area contributed by atoms with Crippen LogP contribution < -0.4 is 5.32 Å². The van der Waals surface area contributed by atoms with Gasteiger partial charge in [0.1, 0.15) is 5.60 Å². The summed E-state index contributed by atoms with van der Waals surface area (Å²) in [5.74, 6) is 0. The Labute approximate surface area is 131 Å².